The molecule has 0 N–H and O–H groups in total. The molecule has 1 unspecified atom stereocenters. The van der Waals surface area contributed by atoms with E-state index in [1.807, 2.05) is 30.3 Å². The van der Waals surface area contributed by atoms with Gasteiger partial charge in [-0.3, -0.25) is 4.99 Å². The fraction of sp³-hybridized carbons (Fsp3) is 0.533. The molecule has 100 valence electrons. The van der Waals surface area contributed by atoms with Crippen LogP contribution >= 0.6 is 0 Å². The fourth-order valence-electron chi connectivity index (χ4n) is 1.70. The van der Waals surface area contributed by atoms with Crippen molar-refractivity contribution in [3.05, 3.63) is 30.3 Å². The van der Waals surface area contributed by atoms with Crippen LogP contribution in [0, 0.1) is 11.8 Å². The van der Waals surface area contributed by atoms with Crippen molar-refractivity contribution >= 4 is 11.4 Å². The largest absolute Gasteiger partial charge is 0.351 e. The van der Waals surface area contributed by atoms with Gasteiger partial charge in [-0.1, -0.05) is 39.0 Å². The zero-order valence-corrected chi connectivity index (χ0v) is 11.9. The molecule has 0 saturated heterocycles. The Balaban J connectivity index is 3.07. The second kappa shape index (κ2) is 7.29. The Kier molecular flexibility index (Phi) is 6.02. The molecule has 18 heavy (non-hydrogen) atoms. The van der Waals surface area contributed by atoms with Gasteiger partial charge in [0.2, 0.25) is 0 Å². The molecule has 0 aliphatic rings. The molecule has 0 radical (unpaired) electrons. The first-order chi connectivity index (χ1) is 8.60. The van der Waals surface area contributed by atoms with E-state index in [9.17, 15) is 0 Å². The zero-order valence-electron chi connectivity index (χ0n) is 11.9. The van der Waals surface area contributed by atoms with Crippen molar-refractivity contribution < 1.29 is 9.47 Å². The first-order valence-electron chi connectivity index (χ1n) is 6.29. The quantitative estimate of drug-likeness (QED) is 0.569. The van der Waals surface area contributed by atoms with Gasteiger partial charge in [-0.15, -0.1) is 0 Å². The van der Waals surface area contributed by atoms with Gasteiger partial charge in [0.05, 0.1) is 11.4 Å². The maximum atomic E-state index is 5.35. The van der Waals surface area contributed by atoms with Crippen molar-refractivity contribution in [1.29, 1.82) is 0 Å². The number of rotatable bonds is 6. The molecule has 3 nitrogen and oxygen atoms in total. The van der Waals surface area contributed by atoms with Gasteiger partial charge in [0.25, 0.3) is 0 Å². The van der Waals surface area contributed by atoms with E-state index in [-0.39, 0.29) is 6.29 Å². The van der Waals surface area contributed by atoms with Crippen molar-refractivity contribution in [1.82, 2.24) is 0 Å². The summed E-state index contributed by atoms with van der Waals surface area (Å²) in [5.41, 5.74) is 1.86. The van der Waals surface area contributed by atoms with E-state index in [4.69, 9.17) is 9.47 Å². The summed E-state index contributed by atoms with van der Waals surface area (Å²) in [4.78, 5) is 4.69. The molecule has 1 aromatic carbocycles. The van der Waals surface area contributed by atoms with Crippen LogP contribution in [-0.4, -0.2) is 26.2 Å². The summed E-state index contributed by atoms with van der Waals surface area (Å²) in [7, 11) is 3.28. The van der Waals surface area contributed by atoms with Gasteiger partial charge in [-0.2, -0.15) is 0 Å². The average Bonchev–Trinajstić information content (AvgIpc) is 2.39. The normalized spacial score (nSPS) is 14.3. The Morgan fingerprint density at radius 3 is 2.00 bits per heavy atom. The number of ether oxygens (including phenoxy) is 2. The highest BCUT2D eigenvalue weighted by molar-refractivity contribution is 5.91. The van der Waals surface area contributed by atoms with Crippen LogP contribution in [0.15, 0.2) is 35.3 Å². The lowest BCUT2D eigenvalue weighted by molar-refractivity contribution is -0.0552. The predicted molar refractivity (Wildman–Crippen MR) is 75.3 cm³/mol. The molecule has 0 saturated carbocycles. The maximum absolute atomic E-state index is 5.35. The molecule has 0 fully saturated rings. The van der Waals surface area contributed by atoms with E-state index in [2.05, 4.69) is 25.8 Å². The minimum absolute atomic E-state index is 0.301. The lowest BCUT2D eigenvalue weighted by Crippen LogP contribution is -2.32. The summed E-state index contributed by atoms with van der Waals surface area (Å²) in [6.45, 7) is 6.50. The predicted octanol–water partition coefficient (Wildman–Crippen LogP) is 3.67. The van der Waals surface area contributed by atoms with Crippen LogP contribution in [0.3, 0.4) is 0 Å². The Hall–Kier alpha value is -1.19. The molecular formula is C15H23NO2. The molecule has 1 atom stereocenters. The maximum Gasteiger partial charge on any atom is 0.196 e. The highest BCUT2D eigenvalue weighted by Gasteiger charge is 2.23. The standard InChI is InChI=1S/C15H23NO2/c1-11(2)12(3)14(15(17-4)18-5)16-13-9-7-6-8-10-13/h6-12,15H,1-5H3. The molecule has 0 spiro atoms. The van der Waals surface area contributed by atoms with Crippen LogP contribution in [0.4, 0.5) is 5.69 Å². The third-order valence-electron chi connectivity index (χ3n) is 3.15. The Bertz CT molecular complexity index is 365. The van der Waals surface area contributed by atoms with Crippen molar-refractivity contribution in [3.63, 3.8) is 0 Å². The van der Waals surface area contributed by atoms with Gasteiger partial charge >= 0.3 is 0 Å². The highest BCUT2D eigenvalue weighted by Crippen LogP contribution is 2.20. The van der Waals surface area contributed by atoms with Gasteiger partial charge < -0.3 is 9.47 Å². The first kappa shape index (κ1) is 14.9. The summed E-state index contributed by atoms with van der Waals surface area (Å²) >= 11 is 0. The third kappa shape index (κ3) is 3.93. The van der Waals surface area contributed by atoms with Gasteiger partial charge in [-0.05, 0) is 18.1 Å². The van der Waals surface area contributed by atoms with E-state index in [1.165, 1.54) is 0 Å². The van der Waals surface area contributed by atoms with Gasteiger partial charge in [0, 0.05) is 20.1 Å². The van der Waals surface area contributed by atoms with Gasteiger partial charge in [-0.25, -0.2) is 0 Å². The minimum atomic E-state index is -0.386. The molecule has 1 aromatic rings. The topological polar surface area (TPSA) is 30.8 Å². The molecular weight excluding hydrogens is 226 g/mol. The second-order valence-electron chi connectivity index (χ2n) is 4.71. The van der Waals surface area contributed by atoms with E-state index < -0.39 is 0 Å². The summed E-state index contributed by atoms with van der Waals surface area (Å²) < 4.78 is 10.7. The highest BCUT2D eigenvalue weighted by atomic mass is 16.7. The third-order valence-corrected chi connectivity index (χ3v) is 3.15. The Labute approximate surface area is 110 Å². The van der Waals surface area contributed by atoms with Crippen LogP contribution < -0.4 is 0 Å². The Morgan fingerprint density at radius 2 is 1.56 bits per heavy atom. The minimum Gasteiger partial charge on any atom is -0.351 e. The van der Waals surface area contributed by atoms with Gasteiger partial charge in [0.15, 0.2) is 6.29 Å². The van der Waals surface area contributed by atoms with Crippen molar-refractivity contribution in [3.8, 4) is 0 Å². The zero-order chi connectivity index (χ0) is 13.5. The molecule has 0 heterocycles. The second-order valence-corrected chi connectivity index (χ2v) is 4.71. The SMILES string of the molecule is COC(OC)C(=Nc1ccccc1)C(C)C(C)C. The summed E-state index contributed by atoms with van der Waals surface area (Å²) in [6, 6.07) is 9.90. The molecule has 0 aliphatic heterocycles. The van der Waals surface area contributed by atoms with Gasteiger partial charge in [0.1, 0.15) is 0 Å². The Morgan fingerprint density at radius 1 is 1.00 bits per heavy atom. The van der Waals surface area contributed by atoms with Crippen LogP contribution in [0.1, 0.15) is 20.8 Å². The summed E-state index contributed by atoms with van der Waals surface area (Å²) in [5.74, 6) is 0.787. The molecule has 0 amide bonds. The van der Waals surface area contributed by atoms with E-state index in [1.54, 1.807) is 14.2 Å². The number of aliphatic imine (C=N–C) groups is 1. The molecule has 0 aromatic heterocycles. The fourth-order valence-corrected chi connectivity index (χ4v) is 1.70. The number of para-hydroxylation sites is 1. The van der Waals surface area contributed by atoms with Crippen LogP contribution in [0.2, 0.25) is 0 Å². The smallest absolute Gasteiger partial charge is 0.196 e. The molecule has 3 heteroatoms. The summed E-state index contributed by atoms with van der Waals surface area (Å²) in [6.07, 6.45) is -0.386. The van der Waals surface area contributed by atoms with Crippen LogP contribution in [-0.2, 0) is 9.47 Å². The monoisotopic (exact) mass is 249 g/mol. The number of hydrogen-bond donors (Lipinski definition) is 0. The van der Waals surface area contributed by atoms with Crippen LogP contribution in [0.25, 0.3) is 0 Å². The lowest BCUT2D eigenvalue weighted by Gasteiger charge is -2.24. The number of benzene rings is 1. The number of hydrogen-bond acceptors (Lipinski definition) is 3. The first-order valence-corrected chi connectivity index (χ1v) is 6.29. The molecule has 0 bridgehead atoms. The van der Waals surface area contributed by atoms with Crippen molar-refractivity contribution in [2.75, 3.05) is 14.2 Å². The number of methoxy groups -OCH3 is 2. The lowest BCUT2D eigenvalue weighted by atomic mass is 9.92. The van der Waals surface area contributed by atoms with E-state index in [0.717, 1.165) is 11.4 Å². The van der Waals surface area contributed by atoms with Crippen LogP contribution in [0.5, 0.6) is 0 Å². The summed E-state index contributed by atoms with van der Waals surface area (Å²) in [5, 5.41) is 0. The number of nitrogens with zero attached hydrogens (tertiary/aromatic N) is 1. The molecule has 0 aliphatic carbocycles. The van der Waals surface area contributed by atoms with Crippen molar-refractivity contribution in [2.24, 2.45) is 16.8 Å². The van der Waals surface area contributed by atoms with E-state index in [0.29, 0.717) is 11.8 Å². The van der Waals surface area contributed by atoms with Crippen molar-refractivity contribution in [2.45, 2.75) is 27.1 Å². The van der Waals surface area contributed by atoms with E-state index >= 15 is 0 Å². The average molecular weight is 249 g/mol. The molecule has 1 rings (SSSR count).